The van der Waals surface area contributed by atoms with E-state index in [1.165, 1.54) is 7.11 Å². The highest BCUT2D eigenvalue weighted by Crippen LogP contribution is 2.49. The number of para-hydroxylation sites is 1. The van der Waals surface area contributed by atoms with E-state index in [9.17, 15) is 9.59 Å². The monoisotopic (exact) mass is 489 g/mol. The first-order valence-electron chi connectivity index (χ1n) is 11.5. The van der Waals surface area contributed by atoms with Crippen molar-refractivity contribution in [2.45, 2.75) is 25.1 Å². The van der Waals surface area contributed by atoms with Crippen LogP contribution in [0, 0.1) is 0 Å². The molecule has 186 valence electrons. The molecule has 3 amide bonds. The van der Waals surface area contributed by atoms with Gasteiger partial charge in [0.15, 0.2) is 17.2 Å². The molecule has 36 heavy (non-hydrogen) atoms. The van der Waals surface area contributed by atoms with Crippen LogP contribution in [-0.4, -0.2) is 39.0 Å². The number of urea groups is 1. The lowest BCUT2D eigenvalue weighted by Gasteiger charge is -2.50. The number of rotatable bonds is 6. The Morgan fingerprint density at radius 2 is 1.81 bits per heavy atom. The van der Waals surface area contributed by atoms with Crippen molar-refractivity contribution in [1.82, 2.24) is 5.32 Å². The molecule has 0 unspecified atom stereocenters. The second-order valence-electron chi connectivity index (χ2n) is 8.77. The first kappa shape index (κ1) is 23.3. The van der Waals surface area contributed by atoms with Crippen molar-refractivity contribution in [1.29, 1.82) is 0 Å². The number of amides is 3. The van der Waals surface area contributed by atoms with E-state index >= 15 is 0 Å². The lowest BCUT2D eigenvalue weighted by atomic mass is 9.89. The third-order valence-corrected chi connectivity index (χ3v) is 6.51. The van der Waals surface area contributed by atoms with Gasteiger partial charge >= 0.3 is 6.03 Å². The Morgan fingerprint density at radius 3 is 2.56 bits per heavy atom. The number of benzene rings is 3. The predicted molar refractivity (Wildman–Crippen MR) is 134 cm³/mol. The predicted octanol–water partition coefficient (Wildman–Crippen LogP) is 4.73. The first-order chi connectivity index (χ1) is 17.4. The fourth-order valence-corrected chi connectivity index (χ4v) is 4.79. The maximum absolute atomic E-state index is 13.3. The quantitative estimate of drug-likeness (QED) is 0.519. The standard InChI is InChI=1S/C27H27N3O6/c1-27-15-21(19-9-6-10-22(34-3)24(19)36-27)29-26(32)30(27)17-8-5-7-16(13-17)25(31)28-20-12-11-18(33-2)14-23(20)35-4/h5-14,21H,15H2,1-4H3,(H,28,31)(H,29,32)/t21-,27+/m0/s1. The maximum Gasteiger partial charge on any atom is 0.325 e. The molecule has 2 bridgehead atoms. The topological polar surface area (TPSA) is 98.4 Å². The van der Waals surface area contributed by atoms with Gasteiger partial charge in [0, 0.05) is 23.6 Å². The Balaban J connectivity index is 1.45. The maximum atomic E-state index is 13.3. The largest absolute Gasteiger partial charge is 0.497 e. The van der Waals surface area contributed by atoms with Crippen molar-refractivity contribution in [3.05, 3.63) is 71.8 Å². The number of nitrogens with zero attached hydrogens (tertiary/aromatic N) is 1. The fourth-order valence-electron chi connectivity index (χ4n) is 4.79. The second kappa shape index (κ2) is 8.99. The van der Waals surface area contributed by atoms with E-state index in [1.807, 2.05) is 25.1 Å². The summed E-state index contributed by atoms with van der Waals surface area (Å²) in [6.07, 6.45) is 0.526. The van der Waals surface area contributed by atoms with E-state index in [0.29, 0.717) is 46.4 Å². The second-order valence-corrected chi connectivity index (χ2v) is 8.77. The summed E-state index contributed by atoms with van der Waals surface area (Å²) in [5.41, 5.74) is 1.29. The van der Waals surface area contributed by atoms with E-state index < -0.39 is 5.72 Å². The van der Waals surface area contributed by atoms with Crippen LogP contribution >= 0.6 is 0 Å². The minimum Gasteiger partial charge on any atom is -0.497 e. The lowest BCUT2D eigenvalue weighted by molar-refractivity contribution is 0.0349. The van der Waals surface area contributed by atoms with Gasteiger partial charge in [0.1, 0.15) is 11.5 Å². The van der Waals surface area contributed by atoms with Gasteiger partial charge in [-0.25, -0.2) is 4.79 Å². The van der Waals surface area contributed by atoms with Gasteiger partial charge in [-0.3, -0.25) is 9.69 Å². The number of anilines is 2. The summed E-state index contributed by atoms with van der Waals surface area (Å²) in [5.74, 6) is 1.93. The smallest absolute Gasteiger partial charge is 0.325 e. The number of hydrogen-bond acceptors (Lipinski definition) is 6. The average Bonchev–Trinajstić information content (AvgIpc) is 2.88. The molecule has 0 aliphatic carbocycles. The normalized spacial score (nSPS) is 19.9. The molecule has 3 aromatic carbocycles. The molecule has 3 aromatic rings. The molecule has 5 rings (SSSR count). The zero-order valence-electron chi connectivity index (χ0n) is 20.5. The molecule has 2 heterocycles. The number of nitrogens with one attached hydrogen (secondary N) is 2. The minimum absolute atomic E-state index is 0.216. The summed E-state index contributed by atoms with van der Waals surface area (Å²) in [7, 11) is 4.66. The average molecular weight is 490 g/mol. The summed E-state index contributed by atoms with van der Waals surface area (Å²) in [5, 5.41) is 5.93. The third-order valence-electron chi connectivity index (χ3n) is 6.51. The zero-order valence-corrected chi connectivity index (χ0v) is 20.5. The molecular weight excluding hydrogens is 462 g/mol. The van der Waals surface area contributed by atoms with E-state index in [-0.39, 0.29) is 18.0 Å². The van der Waals surface area contributed by atoms with Crippen molar-refractivity contribution in [2.75, 3.05) is 31.5 Å². The van der Waals surface area contributed by atoms with Gasteiger partial charge in [0.05, 0.1) is 38.7 Å². The molecule has 2 aliphatic heterocycles. The minimum atomic E-state index is -0.983. The van der Waals surface area contributed by atoms with Crippen molar-refractivity contribution >= 4 is 23.3 Å². The third kappa shape index (κ3) is 3.92. The molecule has 9 nitrogen and oxygen atoms in total. The number of fused-ring (bicyclic) bond motifs is 4. The van der Waals surface area contributed by atoms with Crippen molar-refractivity contribution in [3.63, 3.8) is 0 Å². The highest BCUT2D eigenvalue weighted by atomic mass is 16.5. The molecule has 2 atom stereocenters. The summed E-state index contributed by atoms with van der Waals surface area (Å²) in [6.45, 7) is 1.86. The van der Waals surface area contributed by atoms with Crippen molar-refractivity contribution in [3.8, 4) is 23.0 Å². The Hall–Kier alpha value is -4.40. The van der Waals surface area contributed by atoms with E-state index in [2.05, 4.69) is 10.6 Å². The van der Waals surface area contributed by atoms with Gasteiger partial charge < -0.3 is 29.6 Å². The molecule has 0 saturated carbocycles. The molecular formula is C27H27N3O6. The molecule has 0 radical (unpaired) electrons. The number of methoxy groups -OCH3 is 3. The van der Waals surface area contributed by atoms with Crippen LogP contribution in [-0.2, 0) is 0 Å². The van der Waals surface area contributed by atoms with Gasteiger partial charge in [0.25, 0.3) is 5.91 Å². The van der Waals surface area contributed by atoms with Crippen LogP contribution in [0.5, 0.6) is 23.0 Å². The Bertz CT molecular complexity index is 1340. The summed E-state index contributed by atoms with van der Waals surface area (Å²) < 4.78 is 22.5. The lowest BCUT2D eigenvalue weighted by Crippen LogP contribution is -2.65. The molecule has 9 heteroatoms. The van der Waals surface area contributed by atoms with E-state index in [1.54, 1.807) is 61.6 Å². The first-order valence-corrected chi connectivity index (χ1v) is 11.5. The van der Waals surface area contributed by atoms with Crippen molar-refractivity contribution < 1.29 is 28.5 Å². The Labute approximate surface area is 208 Å². The molecule has 2 N–H and O–H groups in total. The number of ether oxygens (including phenoxy) is 4. The molecule has 1 fully saturated rings. The van der Waals surface area contributed by atoms with Gasteiger partial charge in [-0.05, 0) is 43.3 Å². The van der Waals surface area contributed by atoms with Crippen LogP contribution in [0.4, 0.5) is 16.2 Å². The van der Waals surface area contributed by atoms with E-state index in [4.69, 9.17) is 18.9 Å². The van der Waals surface area contributed by atoms with Crippen LogP contribution < -0.4 is 34.5 Å². The molecule has 0 spiro atoms. The molecule has 2 aliphatic rings. The number of carbonyl (C=O) groups is 2. The summed E-state index contributed by atoms with van der Waals surface area (Å²) >= 11 is 0. The Kier molecular flexibility index (Phi) is 5.83. The summed E-state index contributed by atoms with van der Waals surface area (Å²) in [4.78, 5) is 27.9. The van der Waals surface area contributed by atoms with Gasteiger partial charge in [0.2, 0.25) is 0 Å². The van der Waals surface area contributed by atoms with Crippen LogP contribution in [0.2, 0.25) is 0 Å². The SMILES string of the molecule is COc1ccc(NC(=O)c2cccc(N3C(=O)N[C@H]4C[C@@]3(C)Oc3c(OC)cccc34)c2)c(OC)c1. The van der Waals surface area contributed by atoms with Crippen LogP contribution in [0.3, 0.4) is 0 Å². The van der Waals surface area contributed by atoms with Gasteiger partial charge in [-0.2, -0.15) is 0 Å². The van der Waals surface area contributed by atoms with Gasteiger partial charge in [-0.1, -0.05) is 18.2 Å². The van der Waals surface area contributed by atoms with Crippen LogP contribution in [0.25, 0.3) is 0 Å². The zero-order chi connectivity index (χ0) is 25.4. The number of carbonyl (C=O) groups excluding carboxylic acids is 2. The molecule has 0 aromatic heterocycles. The van der Waals surface area contributed by atoms with Crippen molar-refractivity contribution in [2.24, 2.45) is 0 Å². The fraction of sp³-hybridized carbons (Fsp3) is 0.259. The van der Waals surface area contributed by atoms with Crippen LogP contribution in [0.15, 0.2) is 60.7 Å². The number of hydrogen-bond donors (Lipinski definition) is 2. The highest BCUT2D eigenvalue weighted by molar-refractivity contribution is 6.06. The van der Waals surface area contributed by atoms with E-state index in [0.717, 1.165) is 5.56 Å². The summed E-state index contributed by atoms with van der Waals surface area (Å²) in [6, 6.07) is 17.1. The van der Waals surface area contributed by atoms with Gasteiger partial charge in [-0.15, -0.1) is 0 Å². The molecule has 1 saturated heterocycles. The van der Waals surface area contributed by atoms with Crippen LogP contribution in [0.1, 0.15) is 35.3 Å². The Morgan fingerprint density at radius 1 is 1.03 bits per heavy atom. The highest BCUT2D eigenvalue weighted by Gasteiger charge is 2.50.